The van der Waals surface area contributed by atoms with Crippen LogP contribution in [-0.2, 0) is 4.74 Å². The minimum atomic E-state index is -0.509. The SMILES string of the molecule is CC(C)(C#CC1CC2CC1C(Br)C2O)OCCO. The summed E-state index contributed by atoms with van der Waals surface area (Å²) in [5.74, 6) is 7.71. The van der Waals surface area contributed by atoms with Gasteiger partial charge in [-0.3, -0.25) is 0 Å². The zero-order chi connectivity index (χ0) is 13.3. The molecule has 2 aliphatic rings. The van der Waals surface area contributed by atoms with Crippen molar-refractivity contribution in [2.45, 2.75) is 43.2 Å². The Morgan fingerprint density at radius 3 is 2.67 bits per heavy atom. The van der Waals surface area contributed by atoms with Crippen molar-refractivity contribution in [1.29, 1.82) is 0 Å². The van der Waals surface area contributed by atoms with Gasteiger partial charge in [0.05, 0.1) is 19.3 Å². The molecule has 0 aromatic heterocycles. The highest BCUT2D eigenvalue weighted by Crippen LogP contribution is 2.51. The van der Waals surface area contributed by atoms with Crippen LogP contribution >= 0.6 is 15.9 Å². The van der Waals surface area contributed by atoms with Gasteiger partial charge in [-0.2, -0.15) is 0 Å². The minimum absolute atomic E-state index is 0.0227. The molecule has 0 aromatic rings. The molecule has 3 nitrogen and oxygen atoms in total. The van der Waals surface area contributed by atoms with Crippen molar-refractivity contribution in [3.8, 4) is 11.8 Å². The summed E-state index contributed by atoms with van der Waals surface area (Å²) in [5.41, 5.74) is -0.509. The second kappa shape index (κ2) is 5.50. The molecule has 0 radical (unpaired) electrons. The molecule has 2 rings (SSSR count). The molecule has 2 bridgehead atoms. The van der Waals surface area contributed by atoms with Crippen molar-refractivity contribution in [2.24, 2.45) is 17.8 Å². The number of hydrogen-bond donors (Lipinski definition) is 2. The Morgan fingerprint density at radius 2 is 2.11 bits per heavy atom. The summed E-state index contributed by atoms with van der Waals surface area (Å²) in [6, 6.07) is 0. The molecular formula is C14H21BrO3. The first-order chi connectivity index (χ1) is 8.44. The Labute approximate surface area is 117 Å². The topological polar surface area (TPSA) is 49.7 Å². The number of halogens is 1. The van der Waals surface area contributed by atoms with Crippen LogP contribution in [0.15, 0.2) is 0 Å². The number of rotatable bonds is 3. The maximum Gasteiger partial charge on any atom is 0.123 e. The van der Waals surface area contributed by atoms with E-state index in [1.54, 1.807) is 0 Å². The van der Waals surface area contributed by atoms with Crippen LogP contribution < -0.4 is 0 Å². The first-order valence-corrected chi connectivity index (χ1v) is 7.46. The van der Waals surface area contributed by atoms with Crippen LogP contribution in [0, 0.1) is 29.6 Å². The van der Waals surface area contributed by atoms with E-state index in [9.17, 15) is 5.11 Å². The number of alkyl halides is 1. The van der Waals surface area contributed by atoms with E-state index in [1.807, 2.05) is 13.8 Å². The predicted octanol–water partition coefficient (Wildman–Crippen LogP) is 1.56. The molecule has 4 heteroatoms. The highest BCUT2D eigenvalue weighted by atomic mass is 79.9. The third kappa shape index (κ3) is 2.91. The van der Waals surface area contributed by atoms with Crippen LogP contribution in [-0.4, -0.2) is 40.0 Å². The van der Waals surface area contributed by atoms with Crippen molar-refractivity contribution in [2.75, 3.05) is 13.2 Å². The van der Waals surface area contributed by atoms with E-state index in [0.717, 1.165) is 12.8 Å². The lowest BCUT2D eigenvalue weighted by atomic mass is 9.87. The average molecular weight is 317 g/mol. The highest BCUT2D eigenvalue weighted by molar-refractivity contribution is 9.09. The van der Waals surface area contributed by atoms with Gasteiger partial charge < -0.3 is 14.9 Å². The molecule has 0 heterocycles. The maximum absolute atomic E-state index is 9.90. The van der Waals surface area contributed by atoms with Crippen molar-refractivity contribution in [3.63, 3.8) is 0 Å². The summed E-state index contributed by atoms with van der Waals surface area (Å²) in [7, 11) is 0. The van der Waals surface area contributed by atoms with Gasteiger partial charge in [-0.05, 0) is 38.5 Å². The van der Waals surface area contributed by atoms with Crippen LogP contribution in [0.5, 0.6) is 0 Å². The normalized spacial score (nSPS) is 38.6. The van der Waals surface area contributed by atoms with Gasteiger partial charge in [0.2, 0.25) is 0 Å². The lowest BCUT2D eigenvalue weighted by Gasteiger charge is -2.27. The third-order valence-electron chi connectivity index (χ3n) is 3.98. The third-order valence-corrected chi connectivity index (χ3v) is 5.20. The van der Waals surface area contributed by atoms with Gasteiger partial charge in [-0.1, -0.05) is 27.8 Å². The molecular weight excluding hydrogens is 296 g/mol. The van der Waals surface area contributed by atoms with E-state index in [0.29, 0.717) is 24.4 Å². The molecule has 2 aliphatic carbocycles. The van der Waals surface area contributed by atoms with Crippen molar-refractivity contribution < 1.29 is 14.9 Å². The molecule has 5 atom stereocenters. The monoisotopic (exact) mass is 316 g/mol. The second-order valence-corrected chi connectivity index (χ2v) is 6.85. The molecule has 0 aliphatic heterocycles. The molecule has 5 unspecified atom stereocenters. The van der Waals surface area contributed by atoms with E-state index < -0.39 is 5.60 Å². The lowest BCUT2D eigenvalue weighted by Crippen LogP contribution is -2.32. The first kappa shape index (κ1) is 14.3. The summed E-state index contributed by atoms with van der Waals surface area (Å²) in [6.07, 6.45) is 1.87. The Bertz CT molecular complexity index is 356. The first-order valence-electron chi connectivity index (χ1n) is 6.54. The van der Waals surface area contributed by atoms with Crippen LogP contribution in [0.3, 0.4) is 0 Å². The highest BCUT2D eigenvalue weighted by Gasteiger charge is 2.50. The largest absolute Gasteiger partial charge is 0.394 e. The van der Waals surface area contributed by atoms with Crippen LogP contribution in [0.1, 0.15) is 26.7 Å². The Kier molecular flexibility index (Phi) is 4.38. The molecule has 0 saturated heterocycles. The smallest absolute Gasteiger partial charge is 0.123 e. The second-order valence-electron chi connectivity index (χ2n) is 5.79. The van der Waals surface area contributed by atoms with Crippen molar-refractivity contribution >= 4 is 15.9 Å². The fourth-order valence-electron chi connectivity index (χ4n) is 3.02. The van der Waals surface area contributed by atoms with Gasteiger partial charge in [0.1, 0.15) is 5.60 Å². The molecule has 0 aromatic carbocycles. The zero-order valence-corrected chi connectivity index (χ0v) is 12.5. The fraction of sp³-hybridized carbons (Fsp3) is 0.857. The molecule has 0 amide bonds. The van der Waals surface area contributed by atoms with Crippen LogP contribution in [0.25, 0.3) is 0 Å². The lowest BCUT2D eigenvalue weighted by molar-refractivity contribution is 0.00584. The van der Waals surface area contributed by atoms with Crippen molar-refractivity contribution in [3.05, 3.63) is 0 Å². The van der Waals surface area contributed by atoms with E-state index >= 15 is 0 Å². The number of hydrogen-bond acceptors (Lipinski definition) is 3. The molecule has 18 heavy (non-hydrogen) atoms. The Morgan fingerprint density at radius 1 is 1.39 bits per heavy atom. The van der Waals surface area contributed by atoms with Gasteiger partial charge in [-0.25, -0.2) is 0 Å². The number of ether oxygens (including phenoxy) is 1. The zero-order valence-electron chi connectivity index (χ0n) is 10.9. The average Bonchev–Trinajstić information content (AvgIpc) is 2.86. The minimum Gasteiger partial charge on any atom is -0.394 e. The van der Waals surface area contributed by atoms with Gasteiger partial charge in [0, 0.05) is 10.7 Å². The van der Waals surface area contributed by atoms with E-state index in [4.69, 9.17) is 9.84 Å². The van der Waals surface area contributed by atoms with Crippen LogP contribution in [0.2, 0.25) is 0 Å². The molecule has 102 valence electrons. The van der Waals surface area contributed by atoms with Crippen LogP contribution in [0.4, 0.5) is 0 Å². The van der Waals surface area contributed by atoms with Gasteiger partial charge in [0.15, 0.2) is 0 Å². The van der Waals surface area contributed by atoms with E-state index in [1.165, 1.54) is 0 Å². The molecule has 2 saturated carbocycles. The summed E-state index contributed by atoms with van der Waals surface area (Å²) in [6.45, 7) is 4.18. The van der Waals surface area contributed by atoms with E-state index in [2.05, 4.69) is 27.8 Å². The van der Waals surface area contributed by atoms with Gasteiger partial charge in [0.25, 0.3) is 0 Å². The van der Waals surface area contributed by atoms with Gasteiger partial charge in [-0.15, -0.1) is 0 Å². The van der Waals surface area contributed by atoms with Crippen molar-refractivity contribution in [1.82, 2.24) is 0 Å². The molecule has 2 N–H and O–H groups in total. The van der Waals surface area contributed by atoms with Gasteiger partial charge >= 0.3 is 0 Å². The number of aliphatic hydroxyl groups excluding tert-OH is 2. The summed E-state index contributed by atoms with van der Waals surface area (Å²) < 4.78 is 5.48. The van der Waals surface area contributed by atoms with E-state index in [-0.39, 0.29) is 17.5 Å². The maximum atomic E-state index is 9.90. The summed E-state index contributed by atoms with van der Waals surface area (Å²) in [5, 5.41) is 18.7. The Hall–Kier alpha value is -0.0800. The predicted molar refractivity (Wildman–Crippen MR) is 73.3 cm³/mol. The summed E-state index contributed by atoms with van der Waals surface area (Å²) >= 11 is 3.58. The standard InChI is InChI=1S/C14H21BrO3/c1-14(2,18-6-5-16)4-3-9-7-10-8-11(9)12(15)13(10)17/h9-13,16-17H,5-8H2,1-2H3. The molecule has 0 spiro atoms. The molecule has 2 fully saturated rings. The Balaban J connectivity index is 1.96. The fourth-order valence-corrected chi connectivity index (χ4v) is 4.04. The number of fused-ring (bicyclic) bond motifs is 2. The summed E-state index contributed by atoms with van der Waals surface area (Å²) in [4.78, 5) is 0.192. The quantitative estimate of drug-likeness (QED) is 0.613. The number of aliphatic hydroxyl groups is 2.